The smallest absolute Gasteiger partial charge is 0.349 e. The summed E-state index contributed by atoms with van der Waals surface area (Å²) in [7, 11) is 0. The number of nitrogens with one attached hydrogen (secondary N) is 1. The maximum absolute atomic E-state index is 12.6. The number of carbonyl (C=O) groups is 2. The van der Waals surface area contributed by atoms with Gasteiger partial charge in [-0.25, -0.2) is 0 Å². The highest BCUT2D eigenvalue weighted by atomic mass is 19.4. The van der Waals surface area contributed by atoms with Crippen LogP contribution in [-0.2, 0) is 6.18 Å². The number of benzene rings is 2. The second-order valence-corrected chi connectivity index (χ2v) is 6.93. The standard InChI is InChI=1S/C21H21F3N2O2/c1-14-4-2-3-5-18(14)19(27)25-17-10-12-26(13-11-17)20(28)15-6-8-16(9-7-15)21(22,23)24/h2-9,17H,10-13H2,1H3,(H,25,27). The van der Waals surface area contributed by atoms with E-state index in [-0.39, 0.29) is 23.4 Å². The lowest BCUT2D eigenvalue weighted by Crippen LogP contribution is -2.46. The van der Waals surface area contributed by atoms with Crippen LogP contribution < -0.4 is 5.32 Å². The minimum Gasteiger partial charge on any atom is -0.349 e. The Balaban J connectivity index is 1.55. The summed E-state index contributed by atoms with van der Waals surface area (Å²) >= 11 is 0. The second-order valence-electron chi connectivity index (χ2n) is 6.93. The lowest BCUT2D eigenvalue weighted by molar-refractivity contribution is -0.137. The zero-order chi connectivity index (χ0) is 20.3. The number of piperidine rings is 1. The average Bonchev–Trinajstić information content (AvgIpc) is 2.68. The highest BCUT2D eigenvalue weighted by Gasteiger charge is 2.31. The third-order valence-electron chi connectivity index (χ3n) is 4.97. The normalized spacial score (nSPS) is 15.4. The molecule has 1 aliphatic rings. The Bertz CT molecular complexity index is 855. The van der Waals surface area contributed by atoms with Gasteiger partial charge in [-0.3, -0.25) is 9.59 Å². The average molecular weight is 390 g/mol. The van der Waals surface area contributed by atoms with E-state index in [1.54, 1.807) is 11.0 Å². The number of amides is 2. The van der Waals surface area contributed by atoms with E-state index in [2.05, 4.69) is 5.32 Å². The van der Waals surface area contributed by atoms with Crippen molar-refractivity contribution in [3.05, 3.63) is 70.8 Å². The summed E-state index contributed by atoms with van der Waals surface area (Å²) in [6.45, 7) is 2.76. The topological polar surface area (TPSA) is 49.4 Å². The van der Waals surface area contributed by atoms with E-state index in [1.165, 1.54) is 12.1 Å². The second kappa shape index (κ2) is 8.04. The van der Waals surface area contributed by atoms with Gasteiger partial charge in [0.2, 0.25) is 0 Å². The summed E-state index contributed by atoms with van der Waals surface area (Å²) in [6.07, 6.45) is -3.22. The van der Waals surface area contributed by atoms with E-state index >= 15 is 0 Å². The van der Waals surface area contributed by atoms with Crippen molar-refractivity contribution in [2.24, 2.45) is 0 Å². The third kappa shape index (κ3) is 4.52. The zero-order valence-electron chi connectivity index (χ0n) is 15.4. The highest BCUT2D eigenvalue weighted by Crippen LogP contribution is 2.29. The van der Waals surface area contributed by atoms with Crippen LogP contribution in [0.1, 0.15) is 44.7 Å². The maximum Gasteiger partial charge on any atom is 0.416 e. The summed E-state index contributed by atoms with van der Waals surface area (Å²) in [5, 5.41) is 3.00. The van der Waals surface area contributed by atoms with Gasteiger partial charge in [-0.1, -0.05) is 18.2 Å². The molecule has 0 unspecified atom stereocenters. The summed E-state index contributed by atoms with van der Waals surface area (Å²) in [6, 6.07) is 11.5. The predicted molar refractivity (Wildman–Crippen MR) is 99.0 cm³/mol. The van der Waals surface area contributed by atoms with E-state index in [0.717, 1.165) is 17.7 Å². The molecule has 0 saturated carbocycles. The third-order valence-corrected chi connectivity index (χ3v) is 4.97. The van der Waals surface area contributed by atoms with Crippen LogP contribution in [0.4, 0.5) is 13.2 Å². The van der Waals surface area contributed by atoms with Crippen LogP contribution >= 0.6 is 0 Å². The largest absolute Gasteiger partial charge is 0.416 e. The number of halogens is 3. The van der Waals surface area contributed by atoms with Crippen molar-refractivity contribution in [3.63, 3.8) is 0 Å². The van der Waals surface area contributed by atoms with E-state index < -0.39 is 11.7 Å². The number of rotatable bonds is 3. The Morgan fingerprint density at radius 2 is 1.61 bits per heavy atom. The van der Waals surface area contributed by atoms with Gasteiger partial charge < -0.3 is 10.2 Å². The zero-order valence-corrected chi connectivity index (χ0v) is 15.4. The van der Waals surface area contributed by atoms with Gasteiger partial charge in [-0.2, -0.15) is 13.2 Å². The molecule has 0 spiro atoms. The van der Waals surface area contributed by atoms with E-state index in [1.807, 2.05) is 25.1 Å². The molecule has 1 aliphatic heterocycles. The van der Waals surface area contributed by atoms with Crippen molar-refractivity contribution in [2.45, 2.75) is 32.0 Å². The lowest BCUT2D eigenvalue weighted by Gasteiger charge is -2.32. The number of hydrogen-bond donors (Lipinski definition) is 1. The first-order valence-electron chi connectivity index (χ1n) is 9.09. The highest BCUT2D eigenvalue weighted by molar-refractivity contribution is 5.96. The number of hydrogen-bond acceptors (Lipinski definition) is 2. The number of alkyl halides is 3. The van der Waals surface area contributed by atoms with Gasteiger partial charge in [0.05, 0.1) is 5.56 Å². The molecule has 28 heavy (non-hydrogen) atoms. The fourth-order valence-corrected chi connectivity index (χ4v) is 3.30. The molecule has 2 aromatic carbocycles. The van der Waals surface area contributed by atoms with E-state index in [9.17, 15) is 22.8 Å². The van der Waals surface area contributed by atoms with Crippen LogP contribution in [-0.4, -0.2) is 35.8 Å². The Labute approximate surface area is 161 Å². The van der Waals surface area contributed by atoms with Crippen LogP contribution in [0.2, 0.25) is 0 Å². The van der Waals surface area contributed by atoms with Gasteiger partial charge in [0, 0.05) is 30.3 Å². The molecule has 1 N–H and O–H groups in total. The van der Waals surface area contributed by atoms with Crippen molar-refractivity contribution in [1.82, 2.24) is 10.2 Å². The van der Waals surface area contributed by atoms with Crippen LogP contribution in [0.15, 0.2) is 48.5 Å². The molecule has 148 valence electrons. The van der Waals surface area contributed by atoms with Gasteiger partial charge in [0.25, 0.3) is 11.8 Å². The first-order valence-corrected chi connectivity index (χ1v) is 9.09. The van der Waals surface area contributed by atoms with Gasteiger partial charge >= 0.3 is 6.18 Å². The minimum absolute atomic E-state index is 0.0382. The monoisotopic (exact) mass is 390 g/mol. The van der Waals surface area contributed by atoms with Crippen LogP contribution in [0.3, 0.4) is 0 Å². The van der Waals surface area contributed by atoms with Crippen LogP contribution in [0.25, 0.3) is 0 Å². The van der Waals surface area contributed by atoms with Crippen LogP contribution in [0.5, 0.6) is 0 Å². The molecule has 2 amide bonds. The maximum atomic E-state index is 12.6. The first-order chi connectivity index (χ1) is 13.3. The van der Waals surface area contributed by atoms with Crippen molar-refractivity contribution < 1.29 is 22.8 Å². The van der Waals surface area contributed by atoms with Crippen molar-refractivity contribution >= 4 is 11.8 Å². The fraction of sp³-hybridized carbons (Fsp3) is 0.333. The molecule has 0 bridgehead atoms. The molecule has 1 fully saturated rings. The van der Waals surface area contributed by atoms with E-state index in [0.29, 0.717) is 31.5 Å². The lowest BCUT2D eigenvalue weighted by atomic mass is 10.0. The van der Waals surface area contributed by atoms with Crippen molar-refractivity contribution in [2.75, 3.05) is 13.1 Å². The number of aryl methyl sites for hydroxylation is 1. The van der Waals surface area contributed by atoms with Gasteiger partial charge in [0.1, 0.15) is 0 Å². The summed E-state index contributed by atoms with van der Waals surface area (Å²) in [5.41, 5.74) is 0.984. The van der Waals surface area contributed by atoms with Crippen molar-refractivity contribution in [1.29, 1.82) is 0 Å². The quantitative estimate of drug-likeness (QED) is 0.860. The van der Waals surface area contributed by atoms with Crippen LogP contribution in [0, 0.1) is 6.92 Å². The number of nitrogens with zero attached hydrogens (tertiary/aromatic N) is 1. The molecule has 4 nitrogen and oxygen atoms in total. The number of carbonyl (C=O) groups excluding carboxylic acids is 2. The molecule has 7 heteroatoms. The van der Waals surface area contributed by atoms with E-state index in [4.69, 9.17) is 0 Å². The SMILES string of the molecule is Cc1ccccc1C(=O)NC1CCN(C(=O)c2ccc(C(F)(F)F)cc2)CC1. The van der Waals surface area contributed by atoms with Gasteiger partial charge in [0.15, 0.2) is 0 Å². The summed E-state index contributed by atoms with van der Waals surface area (Å²) < 4.78 is 37.9. The molecular weight excluding hydrogens is 369 g/mol. The minimum atomic E-state index is -4.42. The predicted octanol–water partition coefficient (Wildman–Crippen LogP) is 4.05. The Hall–Kier alpha value is -2.83. The molecule has 1 heterocycles. The van der Waals surface area contributed by atoms with Gasteiger partial charge in [-0.15, -0.1) is 0 Å². The number of likely N-dealkylation sites (tertiary alicyclic amines) is 1. The molecule has 0 aromatic heterocycles. The van der Waals surface area contributed by atoms with Gasteiger partial charge in [-0.05, 0) is 55.7 Å². The first kappa shape index (κ1) is 19.9. The van der Waals surface area contributed by atoms with Crippen molar-refractivity contribution in [3.8, 4) is 0 Å². The Morgan fingerprint density at radius 1 is 1.00 bits per heavy atom. The Kier molecular flexibility index (Phi) is 5.72. The molecular formula is C21H21F3N2O2. The molecule has 3 rings (SSSR count). The molecule has 0 atom stereocenters. The fourth-order valence-electron chi connectivity index (χ4n) is 3.30. The summed E-state index contributed by atoms with van der Waals surface area (Å²) in [5.74, 6) is -0.428. The molecule has 0 aliphatic carbocycles. The molecule has 0 radical (unpaired) electrons. The molecule has 1 saturated heterocycles. The summed E-state index contributed by atoms with van der Waals surface area (Å²) in [4.78, 5) is 26.5. The Morgan fingerprint density at radius 3 is 2.18 bits per heavy atom. The molecule has 2 aromatic rings.